The van der Waals surface area contributed by atoms with E-state index in [0.717, 1.165) is 0 Å². The summed E-state index contributed by atoms with van der Waals surface area (Å²) < 4.78 is 5.87. The average molecular weight is 298 g/mol. The van der Waals surface area contributed by atoms with Gasteiger partial charge in [0.25, 0.3) is 0 Å². The van der Waals surface area contributed by atoms with E-state index in [1.165, 1.54) is 4.90 Å². The van der Waals surface area contributed by atoms with Crippen molar-refractivity contribution in [3.8, 4) is 0 Å². The van der Waals surface area contributed by atoms with Gasteiger partial charge in [0.15, 0.2) is 5.72 Å². The van der Waals surface area contributed by atoms with Gasteiger partial charge in [-0.2, -0.15) is 0 Å². The van der Waals surface area contributed by atoms with E-state index in [9.17, 15) is 19.8 Å². The minimum Gasteiger partial charge on any atom is -0.388 e. The number of imide groups is 1. The molecule has 7 heteroatoms. The third kappa shape index (κ3) is 2.68. The lowest BCUT2D eigenvalue weighted by molar-refractivity contribution is -0.168. The van der Waals surface area contributed by atoms with Gasteiger partial charge in [-0.1, -0.05) is 19.1 Å². The third-order valence-corrected chi connectivity index (χ3v) is 3.99. The summed E-state index contributed by atoms with van der Waals surface area (Å²) in [6.45, 7) is 7.54. The van der Waals surface area contributed by atoms with E-state index in [0.29, 0.717) is 12.0 Å². The van der Waals surface area contributed by atoms with E-state index >= 15 is 0 Å². The minimum absolute atomic E-state index is 0.132. The SMILES string of the molecule is C=C(C)CC1(N2CCC(=O)NC2=O)OC(CC)C(O)C1O. The van der Waals surface area contributed by atoms with Crippen molar-refractivity contribution in [3.05, 3.63) is 12.2 Å². The molecule has 0 aromatic rings. The van der Waals surface area contributed by atoms with Crippen molar-refractivity contribution in [2.75, 3.05) is 6.54 Å². The topological polar surface area (TPSA) is 99.1 Å². The van der Waals surface area contributed by atoms with Crippen molar-refractivity contribution in [1.29, 1.82) is 0 Å². The molecule has 7 nitrogen and oxygen atoms in total. The predicted octanol–water partition coefficient (Wildman–Crippen LogP) is 0.121. The largest absolute Gasteiger partial charge is 0.388 e. The van der Waals surface area contributed by atoms with Gasteiger partial charge in [-0.3, -0.25) is 15.0 Å². The molecule has 2 aliphatic rings. The number of carbonyl (C=O) groups excluding carboxylic acids is 2. The van der Waals surface area contributed by atoms with Crippen molar-refractivity contribution >= 4 is 11.9 Å². The molecule has 2 saturated heterocycles. The van der Waals surface area contributed by atoms with E-state index in [-0.39, 0.29) is 25.3 Å². The Morgan fingerprint density at radius 3 is 2.67 bits per heavy atom. The second kappa shape index (κ2) is 5.75. The Kier molecular flexibility index (Phi) is 4.36. The number of rotatable bonds is 4. The highest BCUT2D eigenvalue weighted by atomic mass is 16.6. The monoisotopic (exact) mass is 298 g/mol. The fourth-order valence-electron chi connectivity index (χ4n) is 3.02. The number of ether oxygens (including phenoxy) is 1. The van der Waals surface area contributed by atoms with Gasteiger partial charge in [0.1, 0.15) is 12.2 Å². The number of urea groups is 1. The highest BCUT2D eigenvalue weighted by Crippen LogP contribution is 2.40. The van der Waals surface area contributed by atoms with Crippen LogP contribution in [-0.4, -0.2) is 57.6 Å². The van der Waals surface area contributed by atoms with Gasteiger partial charge in [0.05, 0.1) is 6.10 Å². The molecule has 0 aliphatic carbocycles. The van der Waals surface area contributed by atoms with E-state index in [1.807, 2.05) is 6.92 Å². The Morgan fingerprint density at radius 1 is 1.52 bits per heavy atom. The summed E-state index contributed by atoms with van der Waals surface area (Å²) in [4.78, 5) is 24.7. The van der Waals surface area contributed by atoms with Crippen LogP contribution in [0.4, 0.5) is 4.79 Å². The molecule has 3 N–H and O–H groups in total. The van der Waals surface area contributed by atoms with E-state index < -0.39 is 30.1 Å². The zero-order chi connectivity index (χ0) is 15.8. The quantitative estimate of drug-likeness (QED) is 0.640. The van der Waals surface area contributed by atoms with E-state index in [1.54, 1.807) is 6.92 Å². The maximum atomic E-state index is 12.1. The summed E-state index contributed by atoms with van der Waals surface area (Å²) in [5.41, 5.74) is -0.667. The molecule has 21 heavy (non-hydrogen) atoms. The first kappa shape index (κ1) is 15.9. The van der Waals surface area contributed by atoms with Gasteiger partial charge in [-0.15, -0.1) is 0 Å². The lowest BCUT2D eigenvalue weighted by Crippen LogP contribution is -2.64. The molecule has 0 spiro atoms. The van der Waals surface area contributed by atoms with Gasteiger partial charge < -0.3 is 14.9 Å². The maximum absolute atomic E-state index is 12.1. The van der Waals surface area contributed by atoms with Crippen LogP contribution in [0, 0.1) is 0 Å². The van der Waals surface area contributed by atoms with Gasteiger partial charge in [-0.25, -0.2) is 4.79 Å². The van der Waals surface area contributed by atoms with E-state index in [4.69, 9.17) is 4.74 Å². The number of hydrogen-bond donors (Lipinski definition) is 3. The Hall–Kier alpha value is -1.44. The summed E-state index contributed by atoms with van der Waals surface area (Å²) in [5.74, 6) is -0.359. The lowest BCUT2D eigenvalue weighted by atomic mass is 9.93. The molecular formula is C14H22N2O5. The molecule has 4 atom stereocenters. The standard InChI is InChI=1S/C14H22N2O5/c1-4-9-11(18)12(19)14(21-9,7-8(2)3)16-6-5-10(17)15-13(16)20/h9,11-12,18-19H,2,4-7H2,1,3H3,(H,15,17,20). The summed E-state index contributed by atoms with van der Waals surface area (Å²) in [5, 5.41) is 22.8. The normalized spacial score (nSPS) is 36.8. The van der Waals surface area contributed by atoms with Crippen LogP contribution in [-0.2, 0) is 9.53 Å². The molecule has 0 radical (unpaired) electrons. The highest BCUT2D eigenvalue weighted by Gasteiger charge is 2.58. The second-order valence-corrected chi connectivity index (χ2v) is 5.73. The first-order chi connectivity index (χ1) is 9.81. The van der Waals surface area contributed by atoms with Gasteiger partial charge in [0.2, 0.25) is 5.91 Å². The molecule has 0 aromatic carbocycles. The second-order valence-electron chi connectivity index (χ2n) is 5.73. The molecule has 2 heterocycles. The number of aliphatic hydroxyl groups excluding tert-OH is 2. The lowest BCUT2D eigenvalue weighted by Gasteiger charge is -2.44. The average Bonchev–Trinajstić information content (AvgIpc) is 2.63. The van der Waals surface area contributed by atoms with Crippen LogP contribution in [0.3, 0.4) is 0 Å². The Balaban J connectivity index is 2.36. The summed E-state index contributed by atoms with van der Waals surface area (Å²) >= 11 is 0. The number of aliphatic hydroxyl groups is 2. The molecule has 3 amide bonds. The van der Waals surface area contributed by atoms with Crippen molar-refractivity contribution in [1.82, 2.24) is 10.2 Å². The van der Waals surface area contributed by atoms with Crippen LogP contribution < -0.4 is 5.32 Å². The number of nitrogens with one attached hydrogen (secondary N) is 1. The van der Waals surface area contributed by atoms with Crippen molar-refractivity contribution in [2.24, 2.45) is 0 Å². The number of nitrogens with zero attached hydrogens (tertiary/aromatic N) is 1. The molecule has 0 saturated carbocycles. The molecule has 2 rings (SSSR count). The maximum Gasteiger partial charge on any atom is 0.326 e. The van der Waals surface area contributed by atoms with Crippen molar-refractivity contribution in [2.45, 2.75) is 57.1 Å². The zero-order valence-corrected chi connectivity index (χ0v) is 12.3. The number of hydrogen-bond acceptors (Lipinski definition) is 5. The zero-order valence-electron chi connectivity index (χ0n) is 12.3. The van der Waals surface area contributed by atoms with E-state index in [2.05, 4.69) is 11.9 Å². The smallest absolute Gasteiger partial charge is 0.326 e. The van der Waals surface area contributed by atoms with Crippen LogP contribution in [0.25, 0.3) is 0 Å². The van der Waals surface area contributed by atoms with Crippen LogP contribution in [0.5, 0.6) is 0 Å². The predicted molar refractivity (Wildman–Crippen MR) is 74.2 cm³/mol. The summed E-state index contributed by atoms with van der Waals surface area (Å²) in [6.07, 6.45) is -2.07. The highest BCUT2D eigenvalue weighted by molar-refractivity contribution is 5.97. The third-order valence-electron chi connectivity index (χ3n) is 3.99. The molecule has 118 valence electrons. The first-order valence-electron chi connectivity index (χ1n) is 7.11. The number of amides is 3. The molecule has 2 aliphatic heterocycles. The Bertz CT molecular complexity index is 466. The van der Waals surface area contributed by atoms with Crippen LogP contribution in [0.15, 0.2) is 12.2 Å². The Morgan fingerprint density at radius 2 is 2.19 bits per heavy atom. The minimum atomic E-state index is -1.38. The van der Waals surface area contributed by atoms with Gasteiger partial charge in [-0.05, 0) is 13.3 Å². The van der Waals surface area contributed by atoms with Gasteiger partial charge in [0, 0.05) is 19.4 Å². The summed E-state index contributed by atoms with van der Waals surface area (Å²) in [7, 11) is 0. The van der Waals surface area contributed by atoms with Crippen LogP contribution in [0.1, 0.15) is 33.1 Å². The molecule has 2 fully saturated rings. The fraction of sp³-hybridized carbons (Fsp3) is 0.714. The number of carbonyl (C=O) groups is 2. The van der Waals surface area contributed by atoms with Crippen molar-refractivity contribution < 1.29 is 24.5 Å². The van der Waals surface area contributed by atoms with Gasteiger partial charge >= 0.3 is 6.03 Å². The summed E-state index contributed by atoms with van der Waals surface area (Å²) in [6, 6.07) is -0.615. The molecular weight excluding hydrogens is 276 g/mol. The molecule has 0 aromatic heterocycles. The van der Waals surface area contributed by atoms with Crippen LogP contribution in [0.2, 0.25) is 0 Å². The molecule has 0 bridgehead atoms. The first-order valence-corrected chi connectivity index (χ1v) is 7.11. The Labute approximate surface area is 123 Å². The molecule has 4 unspecified atom stereocenters. The fourth-order valence-corrected chi connectivity index (χ4v) is 3.02. The van der Waals surface area contributed by atoms with Crippen LogP contribution >= 0.6 is 0 Å². The van der Waals surface area contributed by atoms with Crippen molar-refractivity contribution in [3.63, 3.8) is 0 Å².